The van der Waals surface area contributed by atoms with E-state index < -0.39 is 0 Å². The molecule has 0 amide bonds. The quantitative estimate of drug-likeness (QED) is 0.738. The average molecular weight is 196 g/mol. The fourth-order valence-corrected chi connectivity index (χ4v) is 2.45. The molecule has 2 rings (SSSR count). The Labute approximate surface area is 81.3 Å². The van der Waals surface area contributed by atoms with Gasteiger partial charge in [-0.3, -0.25) is 0 Å². The van der Waals surface area contributed by atoms with Crippen molar-refractivity contribution in [2.75, 3.05) is 22.6 Å². The second-order valence-corrected chi connectivity index (χ2v) is 4.14. The highest BCUT2D eigenvalue weighted by Gasteiger charge is 2.16. The van der Waals surface area contributed by atoms with Crippen LogP contribution in [0.1, 0.15) is 6.42 Å². The van der Waals surface area contributed by atoms with Crippen LogP contribution >= 0.6 is 11.8 Å². The molecule has 13 heavy (non-hydrogen) atoms. The largest absolute Gasteiger partial charge is 0.381 e. The number of nitrogens with two attached hydrogens (primary N) is 1. The van der Waals surface area contributed by atoms with Gasteiger partial charge in [-0.25, -0.2) is 9.97 Å². The third-order valence-electron chi connectivity index (χ3n) is 2.00. The molecule has 0 bridgehead atoms. The molecular formula is C8H12N4S. The molecule has 5 heteroatoms. The number of rotatable bonds is 2. The van der Waals surface area contributed by atoms with Gasteiger partial charge in [-0.2, -0.15) is 11.8 Å². The van der Waals surface area contributed by atoms with Gasteiger partial charge in [-0.05, 0) is 12.2 Å². The van der Waals surface area contributed by atoms with E-state index in [1.165, 1.54) is 12.2 Å². The van der Waals surface area contributed by atoms with Gasteiger partial charge < -0.3 is 11.1 Å². The molecule has 1 fully saturated rings. The Hall–Kier alpha value is -0.970. The van der Waals surface area contributed by atoms with Crippen molar-refractivity contribution in [1.29, 1.82) is 0 Å². The van der Waals surface area contributed by atoms with Gasteiger partial charge in [0.15, 0.2) is 11.6 Å². The molecule has 1 unspecified atom stereocenters. The number of aromatic nitrogens is 2. The first kappa shape index (κ1) is 8.62. The highest BCUT2D eigenvalue weighted by molar-refractivity contribution is 7.99. The molecule has 3 N–H and O–H groups in total. The van der Waals surface area contributed by atoms with Gasteiger partial charge in [-0.1, -0.05) is 0 Å². The van der Waals surface area contributed by atoms with E-state index >= 15 is 0 Å². The molecule has 1 aliphatic heterocycles. The highest BCUT2D eigenvalue weighted by Crippen LogP contribution is 2.21. The summed E-state index contributed by atoms with van der Waals surface area (Å²) in [5.74, 6) is 3.56. The Morgan fingerprint density at radius 2 is 2.31 bits per heavy atom. The summed E-state index contributed by atoms with van der Waals surface area (Å²) < 4.78 is 0. The average Bonchev–Trinajstić information content (AvgIpc) is 2.61. The summed E-state index contributed by atoms with van der Waals surface area (Å²) in [7, 11) is 0. The van der Waals surface area contributed by atoms with Crippen LogP contribution in [-0.4, -0.2) is 27.5 Å². The molecule has 0 radical (unpaired) electrons. The zero-order chi connectivity index (χ0) is 9.10. The van der Waals surface area contributed by atoms with Crippen molar-refractivity contribution in [1.82, 2.24) is 9.97 Å². The standard InChI is InChI=1S/C8H12N4S/c9-7-8(11-3-2-10-7)12-6-1-4-13-5-6/h2-3,6H,1,4-5H2,(H2,9,10)(H,11,12). The summed E-state index contributed by atoms with van der Waals surface area (Å²) in [5.41, 5.74) is 5.66. The van der Waals surface area contributed by atoms with Gasteiger partial charge in [-0.15, -0.1) is 0 Å². The van der Waals surface area contributed by atoms with Crippen LogP contribution in [0.2, 0.25) is 0 Å². The molecule has 1 aliphatic rings. The van der Waals surface area contributed by atoms with E-state index in [0.717, 1.165) is 11.6 Å². The second-order valence-electron chi connectivity index (χ2n) is 3.00. The lowest BCUT2D eigenvalue weighted by Crippen LogP contribution is -2.20. The molecule has 4 nitrogen and oxygen atoms in total. The predicted octanol–water partition coefficient (Wildman–Crippen LogP) is 0.976. The summed E-state index contributed by atoms with van der Waals surface area (Å²) in [6.07, 6.45) is 4.44. The summed E-state index contributed by atoms with van der Waals surface area (Å²) >= 11 is 1.96. The molecular weight excluding hydrogens is 184 g/mol. The van der Waals surface area contributed by atoms with Gasteiger partial charge in [0, 0.05) is 24.2 Å². The highest BCUT2D eigenvalue weighted by atomic mass is 32.2. The van der Waals surface area contributed by atoms with E-state index in [1.807, 2.05) is 11.8 Å². The summed E-state index contributed by atoms with van der Waals surface area (Å²) in [6, 6.07) is 0.504. The van der Waals surface area contributed by atoms with Crippen LogP contribution < -0.4 is 11.1 Å². The maximum Gasteiger partial charge on any atom is 0.169 e. The Morgan fingerprint density at radius 3 is 3.00 bits per heavy atom. The van der Waals surface area contributed by atoms with Crippen LogP contribution in [0.3, 0.4) is 0 Å². The fourth-order valence-electron chi connectivity index (χ4n) is 1.30. The van der Waals surface area contributed by atoms with Crippen LogP contribution in [0.15, 0.2) is 12.4 Å². The molecule has 1 atom stereocenters. The van der Waals surface area contributed by atoms with Gasteiger partial charge in [0.05, 0.1) is 0 Å². The summed E-state index contributed by atoms with van der Waals surface area (Å²) in [6.45, 7) is 0. The lowest BCUT2D eigenvalue weighted by molar-refractivity contribution is 0.806. The number of nitrogen functional groups attached to an aromatic ring is 1. The van der Waals surface area contributed by atoms with Gasteiger partial charge in [0.1, 0.15) is 0 Å². The maximum atomic E-state index is 5.66. The Bertz CT molecular complexity index is 285. The van der Waals surface area contributed by atoms with Crippen LogP contribution in [0, 0.1) is 0 Å². The lowest BCUT2D eigenvalue weighted by atomic mass is 10.2. The van der Waals surface area contributed by atoms with Crippen LogP contribution in [0.5, 0.6) is 0 Å². The monoisotopic (exact) mass is 196 g/mol. The SMILES string of the molecule is Nc1nccnc1NC1CCSC1. The third kappa shape index (κ3) is 2.03. The molecule has 0 saturated carbocycles. The van der Waals surface area contributed by atoms with Crippen LogP contribution in [0.25, 0.3) is 0 Å². The van der Waals surface area contributed by atoms with Crippen molar-refractivity contribution in [2.45, 2.75) is 12.5 Å². The predicted molar refractivity (Wildman–Crippen MR) is 55.8 cm³/mol. The lowest BCUT2D eigenvalue weighted by Gasteiger charge is -2.12. The van der Waals surface area contributed by atoms with E-state index in [0.29, 0.717) is 11.9 Å². The van der Waals surface area contributed by atoms with E-state index in [-0.39, 0.29) is 0 Å². The Balaban J connectivity index is 2.04. The Morgan fingerprint density at radius 1 is 1.46 bits per heavy atom. The molecule has 2 heterocycles. The first-order valence-electron chi connectivity index (χ1n) is 4.27. The van der Waals surface area contributed by atoms with E-state index in [4.69, 9.17) is 5.73 Å². The summed E-state index contributed by atoms with van der Waals surface area (Å²) in [4.78, 5) is 8.10. The van der Waals surface area contributed by atoms with Gasteiger partial charge in [0.25, 0.3) is 0 Å². The number of hydrogen-bond acceptors (Lipinski definition) is 5. The number of anilines is 2. The number of hydrogen-bond donors (Lipinski definition) is 2. The smallest absolute Gasteiger partial charge is 0.169 e. The topological polar surface area (TPSA) is 63.8 Å². The first-order valence-corrected chi connectivity index (χ1v) is 5.42. The molecule has 70 valence electrons. The summed E-state index contributed by atoms with van der Waals surface area (Å²) in [5, 5.41) is 3.29. The van der Waals surface area contributed by atoms with Crippen molar-refractivity contribution in [2.24, 2.45) is 0 Å². The van der Waals surface area contributed by atoms with Crippen molar-refractivity contribution in [3.05, 3.63) is 12.4 Å². The fraction of sp³-hybridized carbons (Fsp3) is 0.500. The van der Waals surface area contributed by atoms with Crippen LogP contribution in [0.4, 0.5) is 11.6 Å². The van der Waals surface area contributed by atoms with E-state index in [1.54, 1.807) is 12.4 Å². The molecule has 0 aliphatic carbocycles. The number of nitrogens with zero attached hydrogens (tertiary/aromatic N) is 2. The van der Waals surface area contributed by atoms with Crippen molar-refractivity contribution >= 4 is 23.4 Å². The number of nitrogens with one attached hydrogen (secondary N) is 1. The number of thioether (sulfide) groups is 1. The van der Waals surface area contributed by atoms with Gasteiger partial charge >= 0.3 is 0 Å². The molecule has 1 aromatic rings. The molecule has 1 saturated heterocycles. The minimum Gasteiger partial charge on any atom is -0.381 e. The molecule has 1 aromatic heterocycles. The maximum absolute atomic E-state index is 5.66. The van der Waals surface area contributed by atoms with Gasteiger partial charge in [0.2, 0.25) is 0 Å². The van der Waals surface area contributed by atoms with E-state index in [9.17, 15) is 0 Å². The first-order chi connectivity index (χ1) is 6.36. The zero-order valence-electron chi connectivity index (χ0n) is 7.23. The minimum atomic E-state index is 0.486. The van der Waals surface area contributed by atoms with Crippen LogP contribution in [-0.2, 0) is 0 Å². The van der Waals surface area contributed by atoms with Crippen molar-refractivity contribution < 1.29 is 0 Å². The molecule has 0 aromatic carbocycles. The Kier molecular flexibility index (Phi) is 2.54. The molecule has 0 spiro atoms. The van der Waals surface area contributed by atoms with E-state index in [2.05, 4.69) is 15.3 Å². The second kappa shape index (κ2) is 3.83. The minimum absolute atomic E-state index is 0.486. The normalized spacial score (nSPS) is 21.7. The van der Waals surface area contributed by atoms with Crippen molar-refractivity contribution in [3.8, 4) is 0 Å². The van der Waals surface area contributed by atoms with Crippen molar-refractivity contribution in [3.63, 3.8) is 0 Å². The third-order valence-corrected chi connectivity index (χ3v) is 3.16. The zero-order valence-corrected chi connectivity index (χ0v) is 8.05.